The van der Waals surface area contributed by atoms with E-state index < -0.39 is 0 Å². The highest BCUT2D eigenvalue weighted by atomic mass is 16.5. The lowest BCUT2D eigenvalue weighted by Crippen LogP contribution is -2.39. The summed E-state index contributed by atoms with van der Waals surface area (Å²) < 4.78 is 11.0. The van der Waals surface area contributed by atoms with Crippen molar-refractivity contribution in [2.75, 3.05) is 37.4 Å². The standard InChI is InChI=1S/C14H22N2O2/c1-3-18-14-9-11(6-7-13(14)15)16-8-4-5-12(10-16)17-2/h6-7,9,12H,3-5,8,10,15H2,1-2H3. The SMILES string of the molecule is CCOc1cc(N2CCCC(OC)C2)ccc1N. The molecule has 1 saturated heterocycles. The molecule has 0 saturated carbocycles. The average Bonchev–Trinajstić information content (AvgIpc) is 2.41. The fourth-order valence-electron chi connectivity index (χ4n) is 2.37. The second-order valence-electron chi connectivity index (χ2n) is 4.60. The number of methoxy groups -OCH3 is 1. The second kappa shape index (κ2) is 5.96. The van der Waals surface area contributed by atoms with Gasteiger partial charge in [0.25, 0.3) is 0 Å². The van der Waals surface area contributed by atoms with E-state index in [0.717, 1.165) is 37.4 Å². The van der Waals surface area contributed by atoms with Gasteiger partial charge in [-0.25, -0.2) is 0 Å². The highest BCUT2D eigenvalue weighted by Gasteiger charge is 2.20. The first kappa shape index (κ1) is 13.0. The number of anilines is 2. The fourth-order valence-corrected chi connectivity index (χ4v) is 2.37. The van der Waals surface area contributed by atoms with Crippen molar-refractivity contribution in [3.05, 3.63) is 18.2 Å². The summed E-state index contributed by atoms with van der Waals surface area (Å²) in [7, 11) is 1.78. The van der Waals surface area contributed by atoms with Gasteiger partial charge in [0.15, 0.2) is 0 Å². The molecule has 0 bridgehead atoms. The zero-order chi connectivity index (χ0) is 13.0. The van der Waals surface area contributed by atoms with E-state index in [1.165, 1.54) is 0 Å². The van der Waals surface area contributed by atoms with Crippen molar-refractivity contribution in [2.24, 2.45) is 0 Å². The second-order valence-corrected chi connectivity index (χ2v) is 4.60. The van der Waals surface area contributed by atoms with E-state index in [9.17, 15) is 0 Å². The summed E-state index contributed by atoms with van der Waals surface area (Å²) in [5.41, 5.74) is 7.75. The lowest BCUT2D eigenvalue weighted by molar-refractivity contribution is 0.0893. The molecule has 0 spiro atoms. The summed E-state index contributed by atoms with van der Waals surface area (Å²) in [5, 5.41) is 0. The summed E-state index contributed by atoms with van der Waals surface area (Å²) in [6, 6.07) is 5.99. The number of nitrogen functional groups attached to an aromatic ring is 1. The Morgan fingerprint density at radius 1 is 1.44 bits per heavy atom. The number of hydrogen-bond donors (Lipinski definition) is 1. The molecule has 0 aliphatic carbocycles. The van der Waals surface area contributed by atoms with Crippen molar-refractivity contribution < 1.29 is 9.47 Å². The molecule has 18 heavy (non-hydrogen) atoms. The molecule has 1 aromatic carbocycles. The fraction of sp³-hybridized carbons (Fsp3) is 0.571. The van der Waals surface area contributed by atoms with E-state index >= 15 is 0 Å². The molecular formula is C14H22N2O2. The number of piperidine rings is 1. The van der Waals surface area contributed by atoms with Gasteiger partial charge in [-0.1, -0.05) is 0 Å². The van der Waals surface area contributed by atoms with Crippen LogP contribution in [0.2, 0.25) is 0 Å². The first-order valence-corrected chi connectivity index (χ1v) is 6.54. The summed E-state index contributed by atoms with van der Waals surface area (Å²) in [6.07, 6.45) is 2.62. The number of nitrogens with two attached hydrogens (primary N) is 1. The molecule has 1 aliphatic heterocycles. The van der Waals surface area contributed by atoms with Crippen LogP contribution in [0.25, 0.3) is 0 Å². The minimum atomic E-state index is 0.326. The molecule has 4 nitrogen and oxygen atoms in total. The summed E-state index contributed by atoms with van der Waals surface area (Å²) >= 11 is 0. The Bertz CT molecular complexity index is 395. The Labute approximate surface area is 109 Å². The van der Waals surface area contributed by atoms with Crippen LogP contribution in [0.15, 0.2) is 18.2 Å². The molecule has 2 N–H and O–H groups in total. The van der Waals surface area contributed by atoms with Gasteiger partial charge in [0.05, 0.1) is 18.4 Å². The van der Waals surface area contributed by atoms with E-state index in [2.05, 4.69) is 11.0 Å². The summed E-state index contributed by atoms with van der Waals surface area (Å²) in [5.74, 6) is 0.773. The third kappa shape index (κ3) is 2.88. The molecule has 2 rings (SSSR count). The van der Waals surface area contributed by atoms with Gasteiger partial charge in [-0.05, 0) is 31.9 Å². The molecule has 1 unspecified atom stereocenters. The first-order valence-electron chi connectivity index (χ1n) is 6.54. The maximum Gasteiger partial charge on any atom is 0.144 e. The van der Waals surface area contributed by atoms with Crippen molar-refractivity contribution in [3.63, 3.8) is 0 Å². The third-order valence-corrected chi connectivity index (χ3v) is 3.37. The summed E-state index contributed by atoms with van der Waals surface area (Å²) in [6.45, 7) is 4.60. The Morgan fingerprint density at radius 2 is 2.28 bits per heavy atom. The molecule has 1 aromatic rings. The Hall–Kier alpha value is -1.42. The number of ether oxygens (including phenoxy) is 2. The predicted octanol–water partition coefficient (Wildman–Crippen LogP) is 2.28. The van der Waals surface area contributed by atoms with Gasteiger partial charge in [-0.15, -0.1) is 0 Å². The number of benzene rings is 1. The molecule has 0 radical (unpaired) electrons. The van der Waals surface area contributed by atoms with Gasteiger partial charge in [-0.2, -0.15) is 0 Å². The highest BCUT2D eigenvalue weighted by Crippen LogP contribution is 2.29. The number of rotatable bonds is 4. The van der Waals surface area contributed by atoms with E-state index in [1.807, 2.05) is 19.1 Å². The Balaban J connectivity index is 2.14. The topological polar surface area (TPSA) is 47.7 Å². The lowest BCUT2D eigenvalue weighted by atomic mass is 10.1. The van der Waals surface area contributed by atoms with Crippen molar-refractivity contribution in [1.82, 2.24) is 0 Å². The molecule has 0 aromatic heterocycles. The van der Waals surface area contributed by atoms with Crippen molar-refractivity contribution in [1.29, 1.82) is 0 Å². The van der Waals surface area contributed by atoms with Crippen molar-refractivity contribution in [2.45, 2.75) is 25.9 Å². The molecular weight excluding hydrogens is 228 g/mol. The average molecular weight is 250 g/mol. The normalized spacial score (nSPS) is 19.9. The summed E-state index contributed by atoms with van der Waals surface area (Å²) in [4.78, 5) is 2.33. The van der Waals surface area contributed by atoms with Crippen LogP contribution < -0.4 is 15.4 Å². The van der Waals surface area contributed by atoms with Gasteiger partial charge in [0.1, 0.15) is 5.75 Å². The van der Waals surface area contributed by atoms with Crippen LogP contribution in [-0.2, 0) is 4.74 Å². The van der Waals surface area contributed by atoms with E-state index in [4.69, 9.17) is 15.2 Å². The minimum Gasteiger partial charge on any atom is -0.492 e. The largest absolute Gasteiger partial charge is 0.492 e. The highest BCUT2D eigenvalue weighted by molar-refractivity contribution is 5.62. The molecule has 1 fully saturated rings. The quantitative estimate of drug-likeness (QED) is 0.833. The number of nitrogens with zero attached hydrogens (tertiary/aromatic N) is 1. The molecule has 1 atom stereocenters. The molecule has 4 heteroatoms. The zero-order valence-corrected chi connectivity index (χ0v) is 11.2. The monoisotopic (exact) mass is 250 g/mol. The van der Waals surface area contributed by atoms with Crippen LogP contribution in [0.3, 0.4) is 0 Å². The predicted molar refractivity (Wildman–Crippen MR) is 74.3 cm³/mol. The Morgan fingerprint density at radius 3 is 3.00 bits per heavy atom. The molecule has 0 amide bonds. The van der Waals surface area contributed by atoms with E-state index in [-0.39, 0.29) is 0 Å². The maximum absolute atomic E-state index is 5.89. The van der Waals surface area contributed by atoms with Gasteiger partial charge >= 0.3 is 0 Å². The molecule has 1 heterocycles. The van der Waals surface area contributed by atoms with Gasteiger partial charge in [0.2, 0.25) is 0 Å². The lowest BCUT2D eigenvalue weighted by Gasteiger charge is -2.33. The van der Waals surface area contributed by atoms with Crippen LogP contribution >= 0.6 is 0 Å². The van der Waals surface area contributed by atoms with Crippen LogP contribution in [0, 0.1) is 0 Å². The van der Waals surface area contributed by atoms with Crippen LogP contribution in [0.1, 0.15) is 19.8 Å². The zero-order valence-electron chi connectivity index (χ0n) is 11.2. The molecule has 1 aliphatic rings. The van der Waals surface area contributed by atoms with Gasteiger partial charge in [-0.3, -0.25) is 0 Å². The van der Waals surface area contributed by atoms with Gasteiger partial charge < -0.3 is 20.1 Å². The third-order valence-electron chi connectivity index (χ3n) is 3.37. The molecule has 100 valence electrons. The van der Waals surface area contributed by atoms with Crippen LogP contribution in [-0.4, -0.2) is 32.9 Å². The van der Waals surface area contributed by atoms with Crippen LogP contribution in [0.4, 0.5) is 11.4 Å². The minimum absolute atomic E-state index is 0.326. The first-order chi connectivity index (χ1) is 8.74. The van der Waals surface area contributed by atoms with Gasteiger partial charge in [0, 0.05) is 32.0 Å². The van der Waals surface area contributed by atoms with Crippen molar-refractivity contribution in [3.8, 4) is 5.75 Å². The van der Waals surface area contributed by atoms with Crippen LogP contribution in [0.5, 0.6) is 5.75 Å². The maximum atomic E-state index is 5.89. The number of hydrogen-bond acceptors (Lipinski definition) is 4. The Kier molecular flexibility index (Phi) is 4.31. The smallest absolute Gasteiger partial charge is 0.144 e. The van der Waals surface area contributed by atoms with E-state index in [1.54, 1.807) is 7.11 Å². The van der Waals surface area contributed by atoms with Crippen molar-refractivity contribution >= 4 is 11.4 Å². The van der Waals surface area contributed by atoms with E-state index in [0.29, 0.717) is 18.4 Å².